The molecule has 4 heterocycles. The predicted octanol–water partition coefficient (Wildman–Crippen LogP) is 3.54. The summed E-state index contributed by atoms with van der Waals surface area (Å²) in [7, 11) is 0. The summed E-state index contributed by atoms with van der Waals surface area (Å²) in [5, 5.41) is 0. The third kappa shape index (κ3) is 6.22. The van der Waals surface area contributed by atoms with Crippen LogP contribution in [-0.4, -0.2) is 88.6 Å². The van der Waals surface area contributed by atoms with Gasteiger partial charge in [-0.2, -0.15) is 0 Å². The Morgan fingerprint density at radius 3 is 2.57 bits per heavy atom. The van der Waals surface area contributed by atoms with Gasteiger partial charge in [0.1, 0.15) is 17.1 Å². The molecule has 37 heavy (non-hydrogen) atoms. The molecule has 1 atom stereocenters. The second-order valence-corrected chi connectivity index (χ2v) is 9.77. The van der Waals surface area contributed by atoms with Crippen molar-refractivity contribution in [1.82, 2.24) is 24.1 Å². The molecule has 2 fully saturated rings. The molecule has 0 spiro atoms. The topological polar surface area (TPSA) is 79.6 Å². The van der Waals surface area contributed by atoms with E-state index in [4.69, 9.17) is 9.47 Å². The number of carbonyl (C=O) groups excluding carboxylic acids is 2. The van der Waals surface area contributed by atoms with E-state index >= 15 is 0 Å². The molecule has 0 aliphatic carbocycles. The van der Waals surface area contributed by atoms with Crippen LogP contribution in [0.3, 0.4) is 0 Å². The van der Waals surface area contributed by atoms with Crippen LogP contribution in [-0.2, 0) is 11.3 Å². The number of rotatable bonds is 7. The summed E-state index contributed by atoms with van der Waals surface area (Å²) in [6.07, 6.45) is 5.51. The number of aromatic nitrogens is 2. The smallest absolute Gasteiger partial charge is 0.409 e. The van der Waals surface area contributed by atoms with Crippen LogP contribution in [0.1, 0.15) is 35.8 Å². The maximum Gasteiger partial charge on any atom is 0.409 e. The van der Waals surface area contributed by atoms with Gasteiger partial charge in [-0.1, -0.05) is 18.2 Å². The van der Waals surface area contributed by atoms with E-state index in [9.17, 15) is 9.59 Å². The average molecular weight is 506 g/mol. The zero-order chi connectivity index (χ0) is 25.6. The molecule has 9 nitrogen and oxygen atoms in total. The summed E-state index contributed by atoms with van der Waals surface area (Å²) < 4.78 is 13.1. The molecule has 2 aliphatic heterocycles. The van der Waals surface area contributed by atoms with Crippen molar-refractivity contribution in [2.75, 3.05) is 52.5 Å². The molecule has 2 aromatic heterocycles. The number of ether oxygens (including phenoxy) is 2. The fourth-order valence-electron chi connectivity index (χ4n) is 5.05. The molecule has 1 unspecified atom stereocenters. The van der Waals surface area contributed by atoms with Gasteiger partial charge in [-0.15, -0.1) is 0 Å². The highest BCUT2D eigenvalue weighted by molar-refractivity contribution is 5.93. The number of imidazole rings is 1. The molecule has 2 aliphatic rings. The van der Waals surface area contributed by atoms with E-state index in [2.05, 4.69) is 22.0 Å². The van der Waals surface area contributed by atoms with E-state index < -0.39 is 0 Å². The van der Waals surface area contributed by atoms with Crippen molar-refractivity contribution in [1.29, 1.82) is 0 Å². The molecule has 3 aromatic rings. The summed E-state index contributed by atoms with van der Waals surface area (Å²) in [6.45, 7) is 8.17. The van der Waals surface area contributed by atoms with Crippen LogP contribution in [0.5, 0.6) is 5.75 Å². The second kappa shape index (κ2) is 11.6. The van der Waals surface area contributed by atoms with Crippen molar-refractivity contribution in [3.63, 3.8) is 0 Å². The van der Waals surface area contributed by atoms with Gasteiger partial charge in [0.2, 0.25) is 0 Å². The van der Waals surface area contributed by atoms with E-state index in [-0.39, 0.29) is 12.0 Å². The van der Waals surface area contributed by atoms with Crippen molar-refractivity contribution in [3.05, 3.63) is 66.1 Å². The van der Waals surface area contributed by atoms with Crippen molar-refractivity contribution in [2.24, 2.45) is 5.92 Å². The van der Waals surface area contributed by atoms with Gasteiger partial charge in [0.25, 0.3) is 5.91 Å². The Balaban J connectivity index is 1.08. The first-order valence-corrected chi connectivity index (χ1v) is 13.2. The summed E-state index contributed by atoms with van der Waals surface area (Å²) in [4.78, 5) is 35.4. The molecule has 2 amide bonds. The van der Waals surface area contributed by atoms with Gasteiger partial charge < -0.3 is 23.7 Å². The lowest BCUT2D eigenvalue weighted by molar-refractivity contribution is 0.0628. The van der Waals surface area contributed by atoms with Gasteiger partial charge in [0.05, 0.1) is 13.2 Å². The van der Waals surface area contributed by atoms with Crippen LogP contribution in [0.25, 0.3) is 5.65 Å². The van der Waals surface area contributed by atoms with Gasteiger partial charge in [0.15, 0.2) is 0 Å². The zero-order valence-electron chi connectivity index (χ0n) is 21.4. The van der Waals surface area contributed by atoms with Gasteiger partial charge in [-0.25, -0.2) is 9.78 Å². The monoisotopic (exact) mass is 505 g/mol. The highest BCUT2D eigenvalue weighted by Crippen LogP contribution is 2.21. The fourth-order valence-corrected chi connectivity index (χ4v) is 5.05. The summed E-state index contributed by atoms with van der Waals surface area (Å²) >= 11 is 0. The molecule has 0 saturated carbocycles. The number of likely N-dealkylation sites (tertiary alicyclic amines) is 1. The first kappa shape index (κ1) is 25.1. The van der Waals surface area contributed by atoms with Crippen LogP contribution >= 0.6 is 0 Å². The lowest BCUT2D eigenvalue weighted by Gasteiger charge is -2.34. The normalized spacial score (nSPS) is 18.7. The molecular formula is C28H35N5O4. The summed E-state index contributed by atoms with van der Waals surface area (Å²) in [5.74, 6) is 1.13. The van der Waals surface area contributed by atoms with Gasteiger partial charge in [-0.3, -0.25) is 9.69 Å². The third-order valence-corrected chi connectivity index (χ3v) is 7.10. The molecule has 196 valence electrons. The van der Waals surface area contributed by atoms with E-state index in [1.807, 2.05) is 52.8 Å². The first-order valence-electron chi connectivity index (χ1n) is 13.2. The average Bonchev–Trinajstić information content (AvgIpc) is 3.37. The highest BCUT2D eigenvalue weighted by atomic mass is 16.6. The number of fused-ring (bicyclic) bond motifs is 1. The third-order valence-electron chi connectivity index (χ3n) is 7.10. The Morgan fingerprint density at radius 2 is 1.81 bits per heavy atom. The highest BCUT2D eigenvalue weighted by Gasteiger charge is 2.26. The fraction of sp³-hybridized carbons (Fsp3) is 0.464. The zero-order valence-corrected chi connectivity index (χ0v) is 21.4. The van der Waals surface area contributed by atoms with Crippen molar-refractivity contribution in [2.45, 2.75) is 26.3 Å². The van der Waals surface area contributed by atoms with Crippen LogP contribution in [0.15, 0.2) is 54.9 Å². The number of hydrogen-bond acceptors (Lipinski definition) is 6. The second-order valence-electron chi connectivity index (χ2n) is 9.77. The Morgan fingerprint density at radius 1 is 1.00 bits per heavy atom. The number of benzene rings is 1. The van der Waals surface area contributed by atoms with Crippen molar-refractivity contribution >= 4 is 17.6 Å². The van der Waals surface area contributed by atoms with Crippen molar-refractivity contribution in [3.8, 4) is 5.75 Å². The van der Waals surface area contributed by atoms with E-state index in [1.54, 1.807) is 11.1 Å². The number of amides is 2. The van der Waals surface area contributed by atoms with Gasteiger partial charge >= 0.3 is 6.09 Å². The number of piperazine rings is 1. The minimum atomic E-state index is -0.218. The van der Waals surface area contributed by atoms with E-state index in [0.29, 0.717) is 44.5 Å². The Kier molecular flexibility index (Phi) is 7.89. The Bertz CT molecular complexity index is 1170. The molecule has 1 aromatic carbocycles. The molecule has 0 bridgehead atoms. The maximum atomic E-state index is 13.1. The van der Waals surface area contributed by atoms with Crippen LogP contribution in [0.2, 0.25) is 0 Å². The van der Waals surface area contributed by atoms with E-state index in [1.165, 1.54) is 5.56 Å². The quantitative estimate of drug-likeness (QED) is 0.489. The standard InChI is InChI=1S/C28H35N5O4/c1-2-36-28(35)31-16-14-30(15-17-31)18-22-8-10-24(11-9-22)37-21-23-6-5-13-33(19-23)27(34)25-20-32-12-4-3-7-26(32)29-25/h3-4,7-12,20,23H,2,5-6,13-19,21H2,1H3. The number of carbonyl (C=O) groups is 2. The Labute approximate surface area is 217 Å². The minimum Gasteiger partial charge on any atom is -0.493 e. The summed E-state index contributed by atoms with van der Waals surface area (Å²) in [6, 6.07) is 14.0. The number of pyridine rings is 1. The van der Waals surface area contributed by atoms with Gasteiger partial charge in [0, 0.05) is 64.1 Å². The number of hydrogen-bond donors (Lipinski definition) is 0. The number of piperidine rings is 1. The van der Waals surface area contributed by atoms with Crippen LogP contribution in [0, 0.1) is 5.92 Å². The van der Waals surface area contributed by atoms with Gasteiger partial charge in [-0.05, 0) is 49.6 Å². The SMILES string of the molecule is CCOC(=O)N1CCN(Cc2ccc(OCC3CCCN(C(=O)c4cn5ccccc5n4)C3)cc2)CC1. The Hall–Kier alpha value is -3.59. The van der Waals surface area contributed by atoms with Crippen LogP contribution in [0.4, 0.5) is 4.79 Å². The molecule has 5 rings (SSSR count). The number of nitrogens with zero attached hydrogens (tertiary/aromatic N) is 5. The molecule has 0 N–H and O–H groups in total. The molecule has 9 heteroatoms. The molecular weight excluding hydrogens is 470 g/mol. The first-order chi connectivity index (χ1) is 18.1. The molecule has 0 radical (unpaired) electrons. The maximum absolute atomic E-state index is 13.1. The summed E-state index contributed by atoms with van der Waals surface area (Å²) in [5.41, 5.74) is 2.50. The van der Waals surface area contributed by atoms with Crippen molar-refractivity contribution < 1.29 is 19.1 Å². The lowest BCUT2D eigenvalue weighted by atomic mass is 9.98. The predicted molar refractivity (Wildman–Crippen MR) is 140 cm³/mol. The molecule has 2 saturated heterocycles. The lowest BCUT2D eigenvalue weighted by Crippen LogP contribution is -2.48. The largest absolute Gasteiger partial charge is 0.493 e. The van der Waals surface area contributed by atoms with Crippen LogP contribution < -0.4 is 4.74 Å². The van der Waals surface area contributed by atoms with E-state index in [0.717, 1.165) is 50.4 Å². The minimum absolute atomic E-state index is 0.0131.